The topological polar surface area (TPSA) is 71.1 Å². The van der Waals surface area contributed by atoms with Gasteiger partial charge in [0.1, 0.15) is 5.75 Å². The van der Waals surface area contributed by atoms with E-state index in [1.807, 2.05) is 29.2 Å². The lowest BCUT2D eigenvalue weighted by Gasteiger charge is -2.21. The Hall–Kier alpha value is -2.02. The SMILES string of the molecule is CCCN(CC1CC1)C(=O)CSc1n[nH]c(-c2ccc(OC)cc2)n1. The molecular formula is C18H24N4O2S. The number of methoxy groups -OCH3 is 1. The van der Waals surface area contributed by atoms with E-state index in [9.17, 15) is 4.79 Å². The Morgan fingerprint density at radius 1 is 1.36 bits per heavy atom. The van der Waals surface area contributed by atoms with Gasteiger partial charge in [0.05, 0.1) is 12.9 Å². The predicted molar refractivity (Wildman–Crippen MR) is 98.7 cm³/mol. The van der Waals surface area contributed by atoms with Gasteiger partial charge in [-0.25, -0.2) is 4.98 Å². The molecule has 6 nitrogen and oxygen atoms in total. The smallest absolute Gasteiger partial charge is 0.233 e. The standard InChI is InChI=1S/C18H24N4O2S/c1-3-10-22(11-13-4-5-13)16(23)12-25-18-19-17(20-21-18)14-6-8-15(24-2)9-7-14/h6-9,13H,3-5,10-12H2,1-2H3,(H,19,20,21). The fraction of sp³-hybridized carbons (Fsp3) is 0.500. The number of aromatic nitrogens is 3. The van der Waals surface area contributed by atoms with Crippen molar-refractivity contribution in [3.8, 4) is 17.1 Å². The number of amides is 1. The quantitative estimate of drug-likeness (QED) is 0.695. The van der Waals surface area contributed by atoms with Crippen molar-refractivity contribution in [1.29, 1.82) is 0 Å². The van der Waals surface area contributed by atoms with E-state index in [1.165, 1.54) is 24.6 Å². The van der Waals surface area contributed by atoms with E-state index in [4.69, 9.17) is 4.74 Å². The highest BCUT2D eigenvalue weighted by Crippen LogP contribution is 2.30. The number of H-pyrrole nitrogens is 1. The van der Waals surface area contributed by atoms with Crippen LogP contribution in [0.1, 0.15) is 26.2 Å². The van der Waals surface area contributed by atoms with E-state index in [2.05, 4.69) is 22.1 Å². The molecule has 1 amide bonds. The Morgan fingerprint density at radius 2 is 2.12 bits per heavy atom. The van der Waals surface area contributed by atoms with E-state index in [-0.39, 0.29) is 5.91 Å². The summed E-state index contributed by atoms with van der Waals surface area (Å²) < 4.78 is 5.16. The van der Waals surface area contributed by atoms with Crippen molar-refractivity contribution >= 4 is 17.7 Å². The summed E-state index contributed by atoms with van der Waals surface area (Å²) in [6, 6.07) is 7.62. The van der Waals surface area contributed by atoms with Crippen LogP contribution >= 0.6 is 11.8 Å². The number of carbonyl (C=O) groups excluding carboxylic acids is 1. The molecule has 1 N–H and O–H groups in total. The third-order valence-electron chi connectivity index (χ3n) is 4.17. The Bertz CT molecular complexity index is 697. The minimum atomic E-state index is 0.176. The Balaban J connectivity index is 1.55. The molecule has 0 radical (unpaired) electrons. The van der Waals surface area contributed by atoms with Gasteiger partial charge in [-0.15, -0.1) is 5.10 Å². The van der Waals surface area contributed by atoms with Crippen molar-refractivity contribution in [2.45, 2.75) is 31.3 Å². The van der Waals surface area contributed by atoms with E-state index in [0.29, 0.717) is 22.7 Å². The van der Waals surface area contributed by atoms with Crippen LogP contribution in [-0.4, -0.2) is 51.9 Å². The first-order valence-electron chi connectivity index (χ1n) is 8.67. The van der Waals surface area contributed by atoms with Crippen LogP contribution in [0.25, 0.3) is 11.4 Å². The second kappa shape index (κ2) is 8.38. The fourth-order valence-corrected chi connectivity index (χ4v) is 3.31. The molecule has 1 aliphatic carbocycles. The molecule has 1 saturated carbocycles. The molecule has 1 aromatic carbocycles. The van der Waals surface area contributed by atoms with Gasteiger partial charge in [0.2, 0.25) is 11.1 Å². The van der Waals surface area contributed by atoms with Crippen LogP contribution in [0.4, 0.5) is 0 Å². The summed E-state index contributed by atoms with van der Waals surface area (Å²) in [6.45, 7) is 3.84. The molecule has 0 spiro atoms. The van der Waals surface area contributed by atoms with Crippen LogP contribution in [0, 0.1) is 5.92 Å². The lowest BCUT2D eigenvalue weighted by molar-refractivity contribution is -0.128. The molecule has 1 aromatic heterocycles. The highest BCUT2D eigenvalue weighted by Gasteiger charge is 2.26. The number of nitrogens with zero attached hydrogens (tertiary/aromatic N) is 3. The maximum absolute atomic E-state index is 12.4. The molecule has 0 unspecified atom stereocenters. The lowest BCUT2D eigenvalue weighted by atomic mass is 10.2. The molecule has 1 fully saturated rings. The van der Waals surface area contributed by atoms with Crippen molar-refractivity contribution in [2.75, 3.05) is 26.0 Å². The van der Waals surface area contributed by atoms with Crippen LogP contribution < -0.4 is 4.74 Å². The number of rotatable bonds is 9. The zero-order valence-electron chi connectivity index (χ0n) is 14.7. The molecule has 0 atom stereocenters. The van der Waals surface area contributed by atoms with Crippen LogP contribution in [-0.2, 0) is 4.79 Å². The molecule has 25 heavy (non-hydrogen) atoms. The van der Waals surface area contributed by atoms with Crippen molar-refractivity contribution in [1.82, 2.24) is 20.1 Å². The Labute approximate surface area is 152 Å². The predicted octanol–water partition coefficient (Wildman–Crippen LogP) is 3.22. The summed E-state index contributed by atoms with van der Waals surface area (Å²) in [5.41, 5.74) is 0.938. The maximum atomic E-state index is 12.4. The summed E-state index contributed by atoms with van der Waals surface area (Å²) in [5, 5.41) is 7.74. The monoisotopic (exact) mass is 360 g/mol. The van der Waals surface area contributed by atoms with Crippen molar-refractivity contribution in [3.63, 3.8) is 0 Å². The largest absolute Gasteiger partial charge is 0.497 e. The second-order valence-corrected chi connectivity index (χ2v) is 7.21. The van der Waals surface area contributed by atoms with Gasteiger partial charge in [0, 0.05) is 18.7 Å². The zero-order chi connectivity index (χ0) is 17.6. The van der Waals surface area contributed by atoms with Gasteiger partial charge in [-0.1, -0.05) is 18.7 Å². The number of hydrogen-bond donors (Lipinski definition) is 1. The summed E-state index contributed by atoms with van der Waals surface area (Å²) >= 11 is 1.38. The molecule has 0 saturated heterocycles. The van der Waals surface area contributed by atoms with E-state index in [0.717, 1.165) is 30.8 Å². The van der Waals surface area contributed by atoms with Gasteiger partial charge < -0.3 is 9.64 Å². The van der Waals surface area contributed by atoms with Crippen LogP contribution in [0.5, 0.6) is 5.75 Å². The summed E-state index contributed by atoms with van der Waals surface area (Å²) in [4.78, 5) is 18.9. The first-order chi connectivity index (χ1) is 12.2. The first-order valence-corrected chi connectivity index (χ1v) is 9.65. The molecule has 1 heterocycles. The number of carbonyl (C=O) groups is 1. The highest BCUT2D eigenvalue weighted by atomic mass is 32.2. The van der Waals surface area contributed by atoms with E-state index >= 15 is 0 Å². The Morgan fingerprint density at radius 3 is 2.76 bits per heavy atom. The third-order valence-corrected chi connectivity index (χ3v) is 5.01. The van der Waals surface area contributed by atoms with Gasteiger partial charge >= 0.3 is 0 Å². The normalized spacial score (nSPS) is 13.7. The number of nitrogens with one attached hydrogen (secondary N) is 1. The zero-order valence-corrected chi connectivity index (χ0v) is 15.5. The molecule has 0 aliphatic heterocycles. The van der Waals surface area contributed by atoms with Gasteiger partial charge in [0.15, 0.2) is 5.82 Å². The van der Waals surface area contributed by atoms with Crippen LogP contribution in [0.3, 0.4) is 0 Å². The van der Waals surface area contributed by atoms with Gasteiger partial charge in [-0.05, 0) is 49.4 Å². The molecular weight excluding hydrogens is 336 g/mol. The first kappa shape index (κ1) is 17.8. The number of ether oxygens (including phenoxy) is 1. The van der Waals surface area contributed by atoms with Crippen LogP contribution in [0.2, 0.25) is 0 Å². The average Bonchev–Trinajstić information content (AvgIpc) is 3.33. The number of aromatic amines is 1. The van der Waals surface area contributed by atoms with Crippen molar-refractivity contribution < 1.29 is 9.53 Å². The highest BCUT2D eigenvalue weighted by molar-refractivity contribution is 7.99. The van der Waals surface area contributed by atoms with E-state index in [1.54, 1.807) is 7.11 Å². The Kier molecular flexibility index (Phi) is 5.96. The second-order valence-electron chi connectivity index (χ2n) is 6.27. The van der Waals surface area contributed by atoms with E-state index < -0.39 is 0 Å². The summed E-state index contributed by atoms with van der Waals surface area (Å²) in [7, 11) is 1.64. The van der Waals surface area contributed by atoms with Crippen molar-refractivity contribution in [3.05, 3.63) is 24.3 Å². The molecule has 134 valence electrons. The molecule has 7 heteroatoms. The minimum absolute atomic E-state index is 0.176. The molecule has 3 rings (SSSR count). The number of hydrogen-bond acceptors (Lipinski definition) is 5. The fourth-order valence-electron chi connectivity index (χ4n) is 2.61. The van der Waals surface area contributed by atoms with Gasteiger partial charge in [0.25, 0.3) is 0 Å². The molecule has 1 aliphatic rings. The average molecular weight is 360 g/mol. The molecule has 2 aromatic rings. The van der Waals surface area contributed by atoms with Crippen LogP contribution in [0.15, 0.2) is 29.4 Å². The molecule has 0 bridgehead atoms. The number of benzene rings is 1. The van der Waals surface area contributed by atoms with Gasteiger partial charge in [-0.2, -0.15) is 0 Å². The van der Waals surface area contributed by atoms with Gasteiger partial charge in [-0.3, -0.25) is 9.89 Å². The summed E-state index contributed by atoms with van der Waals surface area (Å²) in [5.74, 6) is 2.77. The van der Waals surface area contributed by atoms with Crippen molar-refractivity contribution in [2.24, 2.45) is 5.92 Å². The summed E-state index contributed by atoms with van der Waals surface area (Å²) in [6.07, 6.45) is 3.50. The number of thioether (sulfide) groups is 1. The maximum Gasteiger partial charge on any atom is 0.233 e. The lowest BCUT2D eigenvalue weighted by Crippen LogP contribution is -2.34. The third kappa shape index (κ3) is 4.98. The minimum Gasteiger partial charge on any atom is -0.497 e.